The highest BCUT2D eigenvalue weighted by Crippen LogP contribution is 2.25. The first-order chi connectivity index (χ1) is 8.70. The third-order valence-electron chi connectivity index (χ3n) is 2.87. The maximum atomic E-state index is 8.95. The average molecular weight is 266 g/mol. The number of pyridine rings is 1. The van der Waals surface area contributed by atoms with Crippen LogP contribution in [-0.4, -0.2) is 43.0 Å². The van der Waals surface area contributed by atoms with Crippen LogP contribution in [0.15, 0.2) is 23.2 Å². The molecule has 2 heterocycles. The fourth-order valence-electron chi connectivity index (χ4n) is 1.85. The molecule has 96 valence electrons. The zero-order valence-corrected chi connectivity index (χ0v) is 11.1. The number of likely N-dealkylation sites (N-methyl/N-ethyl adjacent to an activating group) is 1. The highest BCUT2D eigenvalue weighted by Gasteiger charge is 2.10. The third kappa shape index (κ3) is 3.09. The summed E-state index contributed by atoms with van der Waals surface area (Å²) < 4.78 is 0. The Morgan fingerprint density at radius 3 is 2.94 bits per heavy atom. The van der Waals surface area contributed by atoms with E-state index in [2.05, 4.69) is 9.98 Å². The van der Waals surface area contributed by atoms with Crippen LogP contribution in [0.25, 0.3) is 5.57 Å². The van der Waals surface area contributed by atoms with Crippen LogP contribution in [0.5, 0.6) is 0 Å². The van der Waals surface area contributed by atoms with Crippen molar-refractivity contribution >= 4 is 29.2 Å². The molecular weight excluding hydrogens is 250 g/mol. The molecule has 1 aliphatic heterocycles. The second-order valence-corrected chi connectivity index (χ2v) is 4.57. The van der Waals surface area contributed by atoms with Crippen molar-refractivity contribution in [3.63, 3.8) is 0 Å². The summed E-state index contributed by atoms with van der Waals surface area (Å²) in [5.41, 5.74) is 2.29. The van der Waals surface area contributed by atoms with Gasteiger partial charge in [0.1, 0.15) is 11.0 Å². The molecule has 1 aliphatic rings. The number of halogens is 1. The minimum absolute atomic E-state index is 0.0926. The fraction of sp³-hybridized carbons (Fsp3) is 0.385. The van der Waals surface area contributed by atoms with Crippen molar-refractivity contribution in [1.82, 2.24) is 4.98 Å². The molecule has 0 radical (unpaired) electrons. The second-order valence-electron chi connectivity index (χ2n) is 4.18. The van der Waals surface area contributed by atoms with E-state index in [1.807, 2.05) is 36.4 Å². The molecule has 0 saturated heterocycles. The minimum Gasteiger partial charge on any atom is -0.395 e. The van der Waals surface area contributed by atoms with Crippen LogP contribution in [0.2, 0.25) is 5.15 Å². The van der Waals surface area contributed by atoms with E-state index in [1.54, 1.807) is 0 Å². The van der Waals surface area contributed by atoms with Gasteiger partial charge in [-0.1, -0.05) is 11.6 Å². The van der Waals surface area contributed by atoms with E-state index in [1.165, 1.54) is 5.57 Å². The molecule has 0 saturated carbocycles. The summed E-state index contributed by atoms with van der Waals surface area (Å²) in [4.78, 5) is 10.3. The zero-order valence-electron chi connectivity index (χ0n) is 10.3. The van der Waals surface area contributed by atoms with Gasteiger partial charge < -0.3 is 10.0 Å². The number of aliphatic hydroxyl groups excluding tert-OH is 1. The number of aliphatic imine (C=N–C) groups is 1. The van der Waals surface area contributed by atoms with Gasteiger partial charge in [-0.15, -0.1) is 0 Å². The molecule has 0 unspecified atom stereocenters. The smallest absolute Gasteiger partial charge is 0.132 e. The molecule has 0 fully saturated rings. The Kier molecular flexibility index (Phi) is 4.33. The zero-order chi connectivity index (χ0) is 13.0. The molecule has 0 spiro atoms. The molecule has 0 aliphatic carbocycles. The fourth-order valence-corrected chi connectivity index (χ4v) is 2.06. The molecule has 4 nitrogen and oxygen atoms in total. The molecule has 0 bridgehead atoms. The minimum atomic E-state index is 0.0926. The van der Waals surface area contributed by atoms with Crippen molar-refractivity contribution in [3.05, 3.63) is 28.9 Å². The molecule has 2 rings (SSSR count). The first kappa shape index (κ1) is 13.1. The first-order valence-electron chi connectivity index (χ1n) is 5.89. The van der Waals surface area contributed by atoms with Gasteiger partial charge in [0.2, 0.25) is 0 Å². The van der Waals surface area contributed by atoms with Crippen LogP contribution in [0.3, 0.4) is 0 Å². The van der Waals surface area contributed by atoms with E-state index in [-0.39, 0.29) is 6.61 Å². The Bertz CT molecular complexity index is 485. The molecule has 5 heteroatoms. The van der Waals surface area contributed by atoms with Crippen molar-refractivity contribution in [2.45, 2.75) is 6.42 Å². The Morgan fingerprint density at radius 1 is 1.44 bits per heavy atom. The van der Waals surface area contributed by atoms with Crippen LogP contribution >= 0.6 is 11.6 Å². The van der Waals surface area contributed by atoms with Crippen molar-refractivity contribution in [1.29, 1.82) is 0 Å². The normalized spacial score (nSPS) is 14.5. The first-order valence-corrected chi connectivity index (χ1v) is 6.27. The Hall–Kier alpha value is -1.39. The Balaban J connectivity index is 2.31. The maximum absolute atomic E-state index is 8.95. The summed E-state index contributed by atoms with van der Waals surface area (Å²) in [7, 11) is 1.88. The van der Waals surface area contributed by atoms with Crippen LogP contribution in [0, 0.1) is 0 Å². The number of nitrogens with zero attached hydrogens (tertiary/aromatic N) is 3. The van der Waals surface area contributed by atoms with Gasteiger partial charge in [-0.2, -0.15) is 0 Å². The molecule has 0 amide bonds. The van der Waals surface area contributed by atoms with Gasteiger partial charge in [-0.05, 0) is 35.8 Å². The van der Waals surface area contributed by atoms with Gasteiger partial charge in [-0.25, -0.2) is 4.98 Å². The van der Waals surface area contributed by atoms with Gasteiger partial charge in [0, 0.05) is 26.4 Å². The van der Waals surface area contributed by atoms with E-state index in [4.69, 9.17) is 16.7 Å². The number of aliphatic hydroxyl groups is 1. The van der Waals surface area contributed by atoms with Crippen molar-refractivity contribution < 1.29 is 5.11 Å². The van der Waals surface area contributed by atoms with Gasteiger partial charge >= 0.3 is 0 Å². The number of allylic oxidation sites excluding steroid dienone is 1. The Labute approximate surface area is 112 Å². The van der Waals surface area contributed by atoms with Gasteiger partial charge in [0.15, 0.2) is 0 Å². The quantitative estimate of drug-likeness (QED) is 0.848. The molecule has 18 heavy (non-hydrogen) atoms. The molecular formula is C13H16ClN3O. The molecule has 1 N–H and O–H groups in total. The number of aromatic nitrogens is 1. The van der Waals surface area contributed by atoms with Gasteiger partial charge in [0.05, 0.1) is 6.61 Å². The topological polar surface area (TPSA) is 48.7 Å². The van der Waals surface area contributed by atoms with Crippen molar-refractivity contribution in [3.8, 4) is 0 Å². The van der Waals surface area contributed by atoms with Crippen LogP contribution in [0.1, 0.15) is 12.0 Å². The third-order valence-corrected chi connectivity index (χ3v) is 3.06. The van der Waals surface area contributed by atoms with E-state index in [0.29, 0.717) is 11.7 Å². The summed E-state index contributed by atoms with van der Waals surface area (Å²) in [6.07, 6.45) is 4.75. The number of hydrogen-bond acceptors (Lipinski definition) is 4. The number of rotatable bonds is 4. The number of anilines is 1. The summed E-state index contributed by atoms with van der Waals surface area (Å²) >= 11 is 6.05. The monoisotopic (exact) mass is 265 g/mol. The largest absolute Gasteiger partial charge is 0.395 e. The Morgan fingerprint density at radius 2 is 2.28 bits per heavy atom. The van der Waals surface area contributed by atoms with Gasteiger partial charge in [-0.3, -0.25) is 4.99 Å². The van der Waals surface area contributed by atoms with Crippen molar-refractivity contribution in [2.24, 2.45) is 4.99 Å². The summed E-state index contributed by atoms with van der Waals surface area (Å²) in [5, 5.41) is 9.42. The average Bonchev–Trinajstić information content (AvgIpc) is 2.39. The van der Waals surface area contributed by atoms with E-state index in [9.17, 15) is 0 Å². The molecule has 0 atom stereocenters. The maximum Gasteiger partial charge on any atom is 0.132 e. The lowest BCUT2D eigenvalue weighted by atomic mass is 10.0. The molecule has 1 aromatic heterocycles. The second kappa shape index (κ2) is 5.98. The van der Waals surface area contributed by atoms with Crippen LogP contribution < -0.4 is 4.90 Å². The summed E-state index contributed by atoms with van der Waals surface area (Å²) in [6.45, 7) is 1.44. The summed E-state index contributed by atoms with van der Waals surface area (Å²) in [5.74, 6) is 0.773. The van der Waals surface area contributed by atoms with Crippen LogP contribution in [0.4, 0.5) is 5.82 Å². The lowest BCUT2D eigenvalue weighted by Crippen LogP contribution is -2.22. The van der Waals surface area contributed by atoms with Crippen LogP contribution in [-0.2, 0) is 0 Å². The molecule has 0 aromatic carbocycles. The highest BCUT2D eigenvalue weighted by molar-refractivity contribution is 6.29. The van der Waals surface area contributed by atoms with E-state index in [0.717, 1.165) is 24.3 Å². The predicted molar refractivity (Wildman–Crippen MR) is 75.6 cm³/mol. The lowest BCUT2D eigenvalue weighted by molar-refractivity contribution is 0.304. The lowest BCUT2D eigenvalue weighted by Gasteiger charge is -2.18. The van der Waals surface area contributed by atoms with Crippen molar-refractivity contribution in [2.75, 3.05) is 31.6 Å². The van der Waals surface area contributed by atoms with Gasteiger partial charge in [0.25, 0.3) is 0 Å². The predicted octanol–water partition coefficient (Wildman–Crippen LogP) is 2.02. The SMILES string of the molecule is CN(CCO)c1cc(C2=CC=NCC2)cc(Cl)n1. The number of dihydropyridines is 1. The standard InChI is InChI=1S/C13H16ClN3O/c1-17(6-7-18)13-9-11(8-12(14)16-13)10-2-4-15-5-3-10/h2,4,8-9,18H,3,5-7H2,1H3. The van der Waals surface area contributed by atoms with E-state index >= 15 is 0 Å². The highest BCUT2D eigenvalue weighted by atomic mass is 35.5. The molecule has 1 aromatic rings. The van der Waals surface area contributed by atoms with E-state index < -0.39 is 0 Å². The number of hydrogen-bond donors (Lipinski definition) is 1. The summed E-state index contributed by atoms with van der Waals surface area (Å²) in [6, 6.07) is 3.86.